The lowest BCUT2D eigenvalue weighted by molar-refractivity contribution is 0.269. The minimum absolute atomic E-state index is 0.607. The van der Waals surface area contributed by atoms with Crippen LogP contribution in [0.2, 0.25) is 5.02 Å². The molecule has 0 unspecified atom stereocenters. The van der Waals surface area contributed by atoms with Crippen LogP contribution in [0, 0.1) is 5.92 Å². The minimum atomic E-state index is 0.607. The molecule has 0 aromatic heterocycles. The summed E-state index contributed by atoms with van der Waals surface area (Å²) in [6.07, 6.45) is 6.29. The highest BCUT2D eigenvalue weighted by Gasteiger charge is 2.25. The van der Waals surface area contributed by atoms with E-state index < -0.39 is 0 Å². The van der Waals surface area contributed by atoms with Crippen molar-refractivity contribution in [3.63, 3.8) is 0 Å². The van der Waals surface area contributed by atoms with Crippen molar-refractivity contribution in [3.8, 4) is 5.75 Å². The summed E-state index contributed by atoms with van der Waals surface area (Å²) in [4.78, 5) is 0. The first-order valence-electron chi connectivity index (χ1n) is 8.70. The topological polar surface area (TPSA) is 9.23 Å². The van der Waals surface area contributed by atoms with Crippen LogP contribution in [0.4, 0.5) is 0 Å². The number of fused-ring (bicyclic) bond motifs is 1. The van der Waals surface area contributed by atoms with Gasteiger partial charge >= 0.3 is 0 Å². The van der Waals surface area contributed by atoms with Crippen molar-refractivity contribution in [3.05, 3.63) is 28.3 Å². The third-order valence-corrected chi connectivity index (χ3v) is 4.42. The summed E-state index contributed by atoms with van der Waals surface area (Å²) < 4.78 is 5.87. The van der Waals surface area contributed by atoms with Crippen LogP contribution in [-0.2, 0) is 6.42 Å². The fraction of sp³-hybridized carbons (Fsp3) is 0.684. The van der Waals surface area contributed by atoms with Gasteiger partial charge in [0.2, 0.25) is 0 Å². The fourth-order valence-corrected chi connectivity index (χ4v) is 2.90. The number of benzene rings is 1. The van der Waals surface area contributed by atoms with Crippen molar-refractivity contribution in [1.29, 1.82) is 0 Å². The molecule has 0 spiro atoms. The Morgan fingerprint density at radius 3 is 2.38 bits per heavy atom. The van der Waals surface area contributed by atoms with E-state index in [1.807, 2.05) is 33.8 Å². The van der Waals surface area contributed by atoms with E-state index in [9.17, 15) is 0 Å². The molecule has 0 radical (unpaired) electrons. The maximum atomic E-state index is 6.33. The van der Waals surface area contributed by atoms with E-state index in [1.54, 1.807) is 0 Å². The van der Waals surface area contributed by atoms with Gasteiger partial charge in [0.15, 0.2) is 0 Å². The minimum Gasteiger partial charge on any atom is -0.493 e. The summed E-state index contributed by atoms with van der Waals surface area (Å²) in [5, 5.41) is 0.888. The van der Waals surface area contributed by atoms with Gasteiger partial charge in [-0.3, -0.25) is 0 Å². The molecule has 2 heteroatoms. The van der Waals surface area contributed by atoms with Crippen molar-refractivity contribution in [2.24, 2.45) is 5.92 Å². The maximum Gasteiger partial charge on any atom is 0.127 e. The van der Waals surface area contributed by atoms with E-state index in [-0.39, 0.29) is 0 Å². The van der Waals surface area contributed by atoms with Crippen LogP contribution in [0.25, 0.3) is 0 Å². The Balaban J connectivity index is 0.000000510. The van der Waals surface area contributed by atoms with E-state index in [0.29, 0.717) is 5.92 Å². The molecule has 0 saturated heterocycles. The first-order chi connectivity index (χ1) is 10.3. The van der Waals surface area contributed by atoms with Gasteiger partial charge in [0.25, 0.3) is 0 Å². The average molecular weight is 311 g/mol. The van der Waals surface area contributed by atoms with Crippen LogP contribution < -0.4 is 4.74 Å². The number of ether oxygens (including phenoxy) is 1. The van der Waals surface area contributed by atoms with Crippen molar-refractivity contribution >= 4 is 11.6 Å². The lowest BCUT2D eigenvalue weighted by Gasteiger charge is -2.26. The average Bonchev–Trinajstić information content (AvgIpc) is 3.35. The van der Waals surface area contributed by atoms with E-state index in [2.05, 4.69) is 13.0 Å². The molecule has 1 aromatic carbocycles. The number of hydrogen-bond acceptors (Lipinski definition) is 1. The fourth-order valence-electron chi connectivity index (χ4n) is 2.66. The Bertz CT molecular complexity index is 424. The van der Waals surface area contributed by atoms with Gasteiger partial charge in [-0.25, -0.2) is 0 Å². The van der Waals surface area contributed by atoms with Crippen LogP contribution in [0.15, 0.2) is 12.1 Å². The highest BCUT2D eigenvalue weighted by molar-refractivity contribution is 6.31. The van der Waals surface area contributed by atoms with Crippen molar-refractivity contribution < 1.29 is 4.74 Å². The highest BCUT2D eigenvalue weighted by atomic mass is 35.5. The molecule has 3 rings (SSSR count). The smallest absolute Gasteiger partial charge is 0.127 e. The molecule has 1 aliphatic heterocycles. The number of rotatable bonds is 3. The lowest BCUT2D eigenvalue weighted by Crippen LogP contribution is -2.14. The molecule has 2 aliphatic rings. The summed E-state index contributed by atoms with van der Waals surface area (Å²) in [6.45, 7) is 11.1. The third-order valence-electron chi connectivity index (χ3n) is 4.06. The molecular formula is C19H31ClO. The molecule has 0 amide bonds. The Morgan fingerprint density at radius 1 is 1.10 bits per heavy atom. The van der Waals surface area contributed by atoms with Gasteiger partial charge in [-0.1, -0.05) is 65.1 Å². The van der Waals surface area contributed by atoms with Crippen molar-refractivity contribution in [2.45, 2.75) is 72.6 Å². The molecule has 0 bridgehead atoms. The molecule has 21 heavy (non-hydrogen) atoms. The first-order valence-corrected chi connectivity index (χ1v) is 9.07. The Kier molecular flexibility index (Phi) is 8.18. The quantitative estimate of drug-likeness (QED) is 0.609. The van der Waals surface area contributed by atoms with Crippen LogP contribution in [-0.4, -0.2) is 6.61 Å². The summed E-state index contributed by atoms with van der Waals surface area (Å²) in [5.74, 6) is 2.65. The second-order valence-corrected chi connectivity index (χ2v) is 5.87. The van der Waals surface area contributed by atoms with Gasteiger partial charge < -0.3 is 4.74 Å². The van der Waals surface area contributed by atoms with E-state index >= 15 is 0 Å². The van der Waals surface area contributed by atoms with Crippen LogP contribution in [0.3, 0.4) is 0 Å². The Hall–Kier alpha value is -0.690. The van der Waals surface area contributed by atoms with Crippen molar-refractivity contribution in [2.75, 3.05) is 6.61 Å². The Morgan fingerprint density at radius 2 is 1.76 bits per heavy atom. The molecule has 1 heterocycles. The van der Waals surface area contributed by atoms with Crippen LogP contribution in [0.5, 0.6) is 5.75 Å². The molecule has 120 valence electrons. The second kappa shape index (κ2) is 9.35. The first kappa shape index (κ1) is 18.4. The molecule has 0 N–H and O–H groups in total. The summed E-state index contributed by atoms with van der Waals surface area (Å²) in [6, 6.07) is 4.19. The molecular weight excluding hydrogens is 280 g/mol. The number of hydrogen-bond donors (Lipinski definition) is 0. The monoisotopic (exact) mass is 310 g/mol. The summed E-state index contributed by atoms with van der Waals surface area (Å²) in [5.41, 5.74) is 2.61. The zero-order chi connectivity index (χ0) is 15.8. The SMILES string of the molecule is CC.CC.C[C@@H]1CCOc2c1ccc(Cl)c2CCC1CC1. The van der Waals surface area contributed by atoms with Crippen LogP contribution in [0.1, 0.15) is 77.3 Å². The molecule has 1 aromatic rings. The zero-order valence-corrected chi connectivity index (χ0v) is 15.1. The zero-order valence-electron chi connectivity index (χ0n) is 14.3. The van der Waals surface area contributed by atoms with Gasteiger partial charge in [0.05, 0.1) is 6.61 Å². The van der Waals surface area contributed by atoms with Gasteiger partial charge in [-0.2, -0.15) is 0 Å². The highest BCUT2D eigenvalue weighted by Crippen LogP contribution is 2.41. The predicted molar refractivity (Wildman–Crippen MR) is 93.7 cm³/mol. The van der Waals surface area contributed by atoms with Gasteiger partial charge in [0, 0.05) is 10.6 Å². The normalized spacial score (nSPS) is 19.2. The second-order valence-electron chi connectivity index (χ2n) is 5.46. The van der Waals surface area contributed by atoms with Crippen LogP contribution >= 0.6 is 11.6 Å². The largest absolute Gasteiger partial charge is 0.493 e. The van der Waals surface area contributed by atoms with E-state index in [4.69, 9.17) is 16.3 Å². The van der Waals surface area contributed by atoms with E-state index in [1.165, 1.54) is 30.4 Å². The van der Waals surface area contributed by atoms with Crippen molar-refractivity contribution in [1.82, 2.24) is 0 Å². The Labute approximate surface area is 136 Å². The molecule has 1 atom stereocenters. The molecule has 1 aliphatic carbocycles. The molecule has 1 fully saturated rings. The maximum absolute atomic E-state index is 6.33. The lowest BCUT2D eigenvalue weighted by atomic mass is 9.91. The number of halogens is 1. The van der Waals surface area contributed by atoms with E-state index in [0.717, 1.165) is 36.1 Å². The van der Waals surface area contributed by atoms with Gasteiger partial charge in [-0.05, 0) is 42.7 Å². The standard InChI is InChI=1S/C15H19ClO.2C2H6/c1-10-8-9-17-15-12(10)6-7-14(16)13(15)5-4-11-2-3-11;2*1-2/h6-7,10-11H,2-5,8-9H2,1H3;2*1-2H3/t10-;;/m1../s1. The summed E-state index contributed by atoms with van der Waals surface area (Å²) in [7, 11) is 0. The predicted octanol–water partition coefficient (Wildman–Crippen LogP) is 6.62. The molecule has 1 nitrogen and oxygen atoms in total. The van der Waals surface area contributed by atoms with Gasteiger partial charge in [-0.15, -0.1) is 0 Å². The molecule has 1 saturated carbocycles. The van der Waals surface area contributed by atoms with Gasteiger partial charge in [0.1, 0.15) is 5.75 Å². The summed E-state index contributed by atoms with van der Waals surface area (Å²) >= 11 is 6.33. The third kappa shape index (κ3) is 4.92.